The minimum Gasteiger partial charge on any atom is -0.333 e. The molecule has 0 saturated carbocycles. The Morgan fingerprint density at radius 2 is 1.92 bits per heavy atom. The highest BCUT2D eigenvalue weighted by atomic mass is 16.5. The number of allylic oxidation sites excluding steroid dienone is 2. The summed E-state index contributed by atoms with van der Waals surface area (Å²) < 4.78 is 5.36. The van der Waals surface area contributed by atoms with Gasteiger partial charge in [-0.2, -0.15) is 4.98 Å². The van der Waals surface area contributed by atoms with E-state index in [1.54, 1.807) is 18.5 Å². The van der Waals surface area contributed by atoms with Gasteiger partial charge in [-0.1, -0.05) is 54.2 Å². The van der Waals surface area contributed by atoms with Gasteiger partial charge in [0.15, 0.2) is 0 Å². The molecule has 24 heavy (non-hydrogen) atoms. The van der Waals surface area contributed by atoms with Gasteiger partial charge in [0.05, 0.1) is 5.56 Å². The van der Waals surface area contributed by atoms with Crippen molar-refractivity contribution in [1.82, 2.24) is 15.1 Å². The topological polar surface area (TPSA) is 64.2 Å². The highest BCUT2D eigenvalue weighted by Crippen LogP contribution is 2.25. The fourth-order valence-electron chi connectivity index (χ4n) is 2.18. The summed E-state index contributed by atoms with van der Waals surface area (Å²) in [5, 5.41) is 3.99. The van der Waals surface area contributed by atoms with E-state index >= 15 is 0 Å². The molecule has 3 rings (SSSR count). The Morgan fingerprint density at radius 3 is 2.67 bits per heavy atom. The summed E-state index contributed by atoms with van der Waals surface area (Å²) in [7, 11) is 0. The number of benzene rings is 1. The van der Waals surface area contributed by atoms with E-state index < -0.39 is 0 Å². The Morgan fingerprint density at radius 1 is 1.12 bits per heavy atom. The zero-order valence-corrected chi connectivity index (χ0v) is 13.3. The molecule has 5 heteroatoms. The van der Waals surface area contributed by atoms with Crippen molar-refractivity contribution in [2.75, 3.05) is 0 Å². The molecule has 0 saturated heterocycles. The molecule has 0 amide bonds. The molecule has 0 unspecified atom stereocenters. The van der Waals surface area contributed by atoms with Crippen LogP contribution < -0.4 is 0 Å². The average molecular weight is 316 g/mol. The van der Waals surface area contributed by atoms with Gasteiger partial charge in [0.1, 0.15) is 5.70 Å². The maximum Gasteiger partial charge on any atom is 0.259 e. The van der Waals surface area contributed by atoms with Crippen molar-refractivity contribution in [3.63, 3.8) is 0 Å². The highest BCUT2D eigenvalue weighted by Gasteiger charge is 2.12. The third-order valence-electron chi connectivity index (χ3n) is 3.34. The average Bonchev–Trinajstić information content (AvgIpc) is 3.13. The minimum absolute atomic E-state index is 0.406. The van der Waals surface area contributed by atoms with Gasteiger partial charge in [-0.3, -0.25) is 9.98 Å². The molecule has 0 spiro atoms. The van der Waals surface area contributed by atoms with E-state index in [0.29, 0.717) is 17.4 Å². The molecule has 0 aliphatic rings. The quantitative estimate of drug-likeness (QED) is 0.654. The Bertz CT molecular complexity index is 894. The van der Waals surface area contributed by atoms with Gasteiger partial charge in [0.2, 0.25) is 5.82 Å². The molecule has 0 aliphatic carbocycles. The number of nitrogens with zero attached hydrogens (tertiary/aromatic N) is 4. The smallest absolute Gasteiger partial charge is 0.259 e. The van der Waals surface area contributed by atoms with Gasteiger partial charge in [-0.25, -0.2) is 0 Å². The molecule has 0 aliphatic heterocycles. The minimum atomic E-state index is 0.406. The van der Waals surface area contributed by atoms with Crippen LogP contribution >= 0.6 is 0 Å². The van der Waals surface area contributed by atoms with Gasteiger partial charge < -0.3 is 4.52 Å². The number of aromatic nitrogens is 3. The second-order valence-corrected chi connectivity index (χ2v) is 4.94. The van der Waals surface area contributed by atoms with E-state index in [1.807, 2.05) is 55.6 Å². The number of hydrogen-bond donors (Lipinski definition) is 0. The number of rotatable bonds is 5. The SMILES string of the molecule is C=CC=N/C(=C\C)c1noc(-c2cncc(-c3ccccc3)c2)n1. The van der Waals surface area contributed by atoms with E-state index in [4.69, 9.17) is 4.52 Å². The standard InChI is InChI=1S/C19H16N4O/c1-3-10-21-17(4-2)18-22-19(24-23-18)16-11-15(12-20-13-16)14-8-6-5-7-9-14/h3-13H,1H2,2H3/b17-4-,21-10?. The van der Waals surface area contributed by atoms with Crippen LogP contribution in [0.4, 0.5) is 0 Å². The number of hydrogen-bond acceptors (Lipinski definition) is 5. The van der Waals surface area contributed by atoms with Crippen molar-refractivity contribution in [3.8, 4) is 22.6 Å². The van der Waals surface area contributed by atoms with Crippen LogP contribution in [0.1, 0.15) is 12.7 Å². The zero-order chi connectivity index (χ0) is 16.8. The van der Waals surface area contributed by atoms with Crippen molar-refractivity contribution in [3.05, 3.63) is 73.3 Å². The molecule has 0 bridgehead atoms. The van der Waals surface area contributed by atoms with E-state index in [9.17, 15) is 0 Å². The van der Waals surface area contributed by atoms with Gasteiger partial charge in [0.25, 0.3) is 5.89 Å². The summed E-state index contributed by atoms with van der Waals surface area (Å²) in [6, 6.07) is 12.0. The molecule has 0 radical (unpaired) electrons. The Labute approximate surface area is 140 Å². The predicted molar refractivity (Wildman–Crippen MR) is 95.3 cm³/mol. The van der Waals surface area contributed by atoms with Crippen LogP contribution in [0.25, 0.3) is 28.3 Å². The van der Waals surface area contributed by atoms with Crippen molar-refractivity contribution in [1.29, 1.82) is 0 Å². The maximum atomic E-state index is 5.36. The van der Waals surface area contributed by atoms with E-state index in [2.05, 4.69) is 26.7 Å². The molecule has 5 nitrogen and oxygen atoms in total. The summed E-state index contributed by atoms with van der Waals surface area (Å²) in [4.78, 5) is 12.9. The molecule has 2 heterocycles. The van der Waals surface area contributed by atoms with Gasteiger partial charge in [-0.15, -0.1) is 0 Å². The maximum absolute atomic E-state index is 5.36. The lowest BCUT2D eigenvalue weighted by atomic mass is 10.1. The molecule has 0 N–H and O–H groups in total. The number of aliphatic imine (C=N–C) groups is 1. The second-order valence-electron chi connectivity index (χ2n) is 4.94. The van der Waals surface area contributed by atoms with Crippen LogP contribution in [-0.4, -0.2) is 21.3 Å². The normalized spacial score (nSPS) is 11.8. The van der Waals surface area contributed by atoms with Crippen molar-refractivity contribution < 1.29 is 4.52 Å². The van der Waals surface area contributed by atoms with E-state index in [1.165, 1.54) is 0 Å². The Balaban J connectivity index is 1.93. The fourth-order valence-corrected chi connectivity index (χ4v) is 2.18. The summed E-state index contributed by atoms with van der Waals surface area (Å²) in [5.41, 5.74) is 3.45. The lowest BCUT2D eigenvalue weighted by molar-refractivity contribution is 0.428. The Hall–Kier alpha value is -3.34. The van der Waals surface area contributed by atoms with Crippen molar-refractivity contribution >= 4 is 11.9 Å². The largest absolute Gasteiger partial charge is 0.333 e. The molecular formula is C19H16N4O. The van der Waals surface area contributed by atoms with E-state index in [0.717, 1.165) is 16.7 Å². The van der Waals surface area contributed by atoms with Gasteiger partial charge in [-0.05, 0) is 18.6 Å². The molecule has 118 valence electrons. The fraction of sp³-hybridized carbons (Fsp3) is 0.0526. The summed E-state index contributed by atoms with van der Waals surface area (Å²) >= 11 is 0. The lowest BCUT2D eigenvalue weighted by Gasteiger charge is -2.01. The molecule has 1 aromatic carbocycles. The van der Waals surface area contributed by atoms with Gasteiger partial charge in [0, 0.05) is 24.2 Å². The third kappa shape index (κ3) is 3.35. The van der Waals surface area contributed by atoms with Crippen LogP contribution in [0.2, 0.25) is 0 Å². The van der Waals surface area contributed by atoms with Crippen LogP contribution in [0, 0.1) is 0 Å². The van der Waals surface area contributed by atoms with Crippen LogP contribution in [-0.2, 0) is 0 Å². The van der Waals surface area contributed by atoms with Crippen LogP contribution in [0.3, 0.4) is 0 Å². The monoisotopic (exact) mass is 316 g/mol. The molecule has 0 atom stereocenters. The first kappa shape index (κ1) is 15.6. The first-order chi connectivity index (χ1) is 11.8. The second kappa shape index (κ2) is 7.28. The zero-order valence-electron chi connectivity index (χ0n) is 13.3. The Kier molecular flexibility index (Phi) is 4.72. The lowest BCUT2D eigenvalue weighted by Crippen LogP contribution is -1.86. The third-order valence-corrected chi connectivity index (χ3v) is 3.34. The molecule has 2 aromatic heterocycles. The first-order valence-corrected chi connectivity index (χ1v) is 7.48. The first-order valence-electron chi connectivity index (χ1n) is 7.48. The summed E-state index contributed by atoms with van der Waals surface area (Å²) in [6.07, 6.45) is 8.50. The van der Waals surface area contributed by atoms with Crippen molar-refractivity contribution in [2.24, 2.45) is 4.99 Å². The number of pyridine rings is 1. The van der Waals surface area contributed by atoms with Crippen LogP contribution in [0.5, 0.6) is 0 Å². The van der Waals surface area contributed by atoms with E-state index in [-0.39, 0.29) is 0 Å². The molecule has 3 aromatic rings. The molecular weight excluding hydrogens is 300 g/mol. The highest BCUT2D eigenvalue weighted by molar-refractivity contribution is 5.78. The van der Waals surface area contributed by atoms with Crippen molar-refractivity contribution in [2.45, 2.75) is 6.92 Å². The molecule has 0 fully saturated rings. The summed E-state index contributed by atoms with van der Waals surface area (Å²) in [5.74, 6) is 0.833. The predicted octanol–water partition coefficient (Wildman–Crippen LogP) is 4.42. The summed E-state index contributed by atoms with van der Waals surface area (Å²) in [6.45, 7) is 5.47. The van der Waals surface area contributed by atoms with Gasteiger partial charge >= 0.3 is 0 Å². The van der Waals surface area contributed by atoms with Crippen LogP contribution in [0.15, 0.2) is 77.0 Å².